The van der Waals surface area contributed by atoms with E-state index in [0.29, 0.717) is 41.4 Å². The van der Waals surface area contributed by atoms with Crippen molar-refractivity contribution in [2.24, 2.45) is 5.41 Å². The molecule has 1 heterocycles. The van der Waals surface area contributed by atoms with Crippen LogP contribution in [0.15, 0.2) is 41.3 Å². The van der Waals surface area contributed by atoms with E-state index in [9.17, 15) is 27.5 Å². The summed E-state index contributed by atoms with van der Waals surface area (Å²) in [6.07, 6.45) is -3.16. The maximum absolute atomic E-state index is 13.8. The highest BCUT2D eigenvalue weighted by atomic mass is 32.2. The molecule has 4 rings (SSSR count). The smallest absolute Gasteiger partial charge is 0.420 e. The number of hydrogen-bond acceptors (Lipinski definition) is 4. The number of anilines is 2. The fourth-order valence-electron chi connectivity index (χ4n) is 3.42. The first kappa shape index (κ1) is 20.8. The lowest BCUT2D eigenvalue weighted by molar-refractivity contribution is -0.144. The Kier molecular flexibility index (Phi) is 5.34. The Morgan fingerprint density at radius 1 is 1.20 bits per heavy atom. The Hall–Kier alpha value is -2.42. The Morgan fingerprint density at radius 3 is 2.50 bits per heavy atom. The minimum Gasteiger partial charge on any atom is -0.492 e. The molecule has 1 fully saturated rings. The quantitative estimate of drug-likeness (QED) is 0.602. The number of carboxylic acids is 1. The van der Waals surface area contributed by atoms with E-state index in [1.807, 2.05) is 0 Å². The molecule has 1 N–H and O–H groups in total. The standard InChI is InChI=1S/C21H19F4NO3S/c22-13-2-4-14(5-3-13)26-8-1-9-30-18-11-17(15(10-16(18)26)21(23,24)25)29-12-20(6-7-20)19(27)28/h2-5,10-11H,1,6-9,12H2,(H,27,28). The summed E-state index contributed by atoms with van der Waals surface area (Å²) in [4.78, 5) is 13.7. The van der Waals surface area contributed by atoms with E-state index in [2.05, 4.69) is 0 Å². The van der Waals surface area contributed by atoms with Crippen LogP contribution in [0.1, 0.15) is 24.8 Å². The molecule has 1 aliphatic heterocycles. The Morgan fingerprint density at radius 2 is 1.90 bits per heavy atom. The van der Waals surface area contributed by atoms with Crippen molar-refractivity contribution in [1.82, 2.24) is 0 Å². The number of aliphatic carboxylic acids is 1. The molecule has 160 valence electrons. The lowest BCUT2D eigenvalue weighted by atomic mass is 10.1. The van der Waals surface area contributed by atoms with Gasteiger partial charge in [0.05, 0.1) is 11.3 Å². The SMILES string of the molecule is O=C(O)C1(COc2cc3c(cc2C(F)(F)F)N(c2ccc(F)cc2)CCCS3)CC1. The Labute approximate surface area is 174 Å². The molecule has 0 spiro atoms. The highest BCUT2D eigenvalue weighted by Crippen LogP contribution is 2.49. The van der Waals surface area contributed by atoms with Crippen molar-refractivity contribution in [3.63, 3.8) is 0 Å². The average Bonchev–Trinajstić information content (AvgIpc) is 3.50. The van der Waals surface area contributed by atoms with E-state index < -0.39 is 28.9 Å². The molecular formula is C21H19F4NO3S. The Bertz CT molecular complexity index is 958. The van der Waals surface area contributed by atoms with E-state index in [-0.39, 0.29) is 12.4 Å². The van der Waals surface area contributed by atoms with E-state index in [1.165, 1.54) is 42.1 Å². The highest BCUT2D eigenvalue weighted by molar-refractivity contribution is 7.99. The summed E-state index contributed by atoms with van der Waals surface area (Å²) in [5.41, 5.74) is -1.06. The third-order valence-corrected chi connectivity index (χ3v) is 6.52. The number of hydrogen-bond donors (Lipinski definition) is 1. The van der Waals surface area contributed by atoms with Crippen molar-refractivity contribution < 1.29 is 32.2 Å². The van der Waals surface area contributed by atoms with Crippen LogP contribution in [0.25, 0.3) is 0 Å². The van der Waals surface area contributed by atoms with Gasteiger partial charge in [-0.05, 0) is 61.4 Å². The van der Waals surface area contributed by atoms with Crippen LogP contribution < -0.4 is 9.64 Å². The van der Waals surface area contributed by atoms with Crippen molar-refractivity contribution in [3.05, 3.63) is 47.8 Å². The van der Waals surface area contributed by atoms with Gasteiger partial charge in [-0.1, -0.05) is 0 Å². The van der Waals surface area contributed by atoms with Crippen molar-refractivity contribution in [2.45, 2.75) is 30.3 Å². The lowest BCUT2D eigenvalue weighted by Crippen LogP contribution is -2.24. The van der Waals surface area contributed by atoms with Gasteiger partial charge in [-0.15, -0.1) is 11.8 Å². The summed E-state index contributed by atoms with van der Waals surface area (Å²) in [6.45, 7) is 0.196. The third kappa shape index (κ3) is 4.08. The first-order valence-electron chi connectivity index (χ1n) is 9.47. The normalized spacial score (nSPS) is 17.8. The molecule has 2 aromatic carbocycles. The average molecular weight is 441 g/mol. The van der Waals surface area contributed by atoms with Gasteiger partial charge in [-0.25, -0.2) is 4.39 Å². The number of thioether (sulfide) groups is 1. The number of fused-ring (bicyclic) bond motifs is 1. The maximum atomic E-state index is 13.8. The van der Waals surface area contributed by atoms with Gasteiger partial charge in [0.15, 0.2) is 0 Å². The number of nitrogens with zero attached hydrogens (tertiary/aromatic N) is 1. The molecule has 0 bridgehead atoms. The van der Waals surface area contributed by atoms with Gasteiger partial charge in [0.2, 0.25) is 0 Å². The summed E-state index contributed by atoms with van der Waals surface area (Å²) >= 11 is 1.42. The van der Waals surface area contributed by atoms with E-state index in [1.54, 1.807) is 4.90 Å². The summed E-state index contributed by atoms with van der Waals surface area (Å²) in [5.74, 6) is -1.13. The molecule has 1 saturated carbocycles. The molecule has 0 amide bonds. The Balaban J connectivity index is 1.74. The first-order valence-corrected chi connectivity index (χ1v) is 10.5. The number of rotatable bonds is 5. The number of carbonyl (C=O) groups is 1. The van der Waals surface area contributed by atoms with Crippen molar-refractivity contribution in [2.75, 3.05) is 23.8 Å². The summed E-state index contributed by atoms with van der Waals surface area (Å²) in [5, 5.41) is 9.28. The van der Waals surface area contributed by atoms with E-state index in [0.717, 1.165) is 12.5 Å². The van der Waals surface area contributed by atoms with Gasteiger partial charge in [-0.3, -0.25) is 4.79 Å². The van der Waals surface area contributed by atoms with Crippen LogP contribution in [-0.2, 0) is 11.0 Å². The second kappa shape index (κ2) is 7.68. The number of carboxylic acid groups (broad SMARTS) is 1. The second-order valence-electron chi connectivity index (χ2n) is 7.52. The fourth-order valence-corrected chi connectivity index (χ4v) is 4.42. The number of benzene rings is 2. The van der Waals surface area contributed by atoms with Gasteiger partial charge >= 0.3 is 12.1 Å². The summed E-state index contributed by atoms with van der Waals surface area (Å²) in [6, 6.07) is 8.02. The molecule has 2 aliphatic rings. The minimum atomic E-state index is -4.67. The van der Waals surface area contributed by atoms with Crippen LogP contribution in [0.5, 0.6) is 5.75 Å². The lowest BCUT2D eigenvalue weighted by Gasteiger charge is -2.27. The predicted molar refractivity (Wildman–Crippen MR) is 105 cm³/mol. The molecule has 0 radical (unpaired) electrons. The monoisotopic (exact) mass is 441 g/mol. The van der Waals surface area contributed by atoms with Crippen LogP contribution >= 0.6 is 11.8 Å². The van der Waals surface area contributed by atoms with Crippen molar-refractivity contribution >= 4 is 29.1 Å². The van der Waals surface area contributed by atoms with Gasteiger partial charge in [-0.2, -0.15) is 13.2 Å². The summed E-state index contributed by atoms with van der Waals surface area (Å²) in [7, 11) is 0. The maximum Gasteiger partial charge on any atom is 0.420 e. The van der Waals surface area contributed by atoms with E-state index >= 15 is 0 Å². The van der Waals surface area contributed by atoms with Gasteiger partial charge in [0.1, 0.15) is 23.6 Å². The van der Waals surface area contributed by atoms with Gasteiger partial charge in [0.25, 0.3) is 0 Å². The zero-order valence-corrected chi connectivity index (χ0v) is 16.7. The number of alkyl halides is 3. The van der Waals surface area contributed by atoms with Crippen LogP contribution in [0.4, 0.5) is 28.9 Å². The van der Waals surface area contributed by atoms with Crippen molar-refractivity contribution in [1.29, 1.82) is 0 Å². The highest BCUT2D eigenvalue weighted by Gasteiger charge is 2.51. The molecule has 0 saturated heterocycles. The number of halogens is 4. The molecule has 0 unspecified atom stereocenters. The fraction of sp³-hybridized carbons (Fsp3) is 0.381. The minimum absolute atomic E-state index is 0.295. The van der Waals surface area contributed by atoms with Crippen molar-refractivity contribution in [3.8, 4) is 5.75 Å². The second-order valence-corrected chi connectivity index (χ2v) is 8.65. The molecule has 0 atom stereocenters. The molecule has 9 heteroatoms. The molecular weight excluding hydrogens is 422 g/mol. The molecule has 0 aromatic heterocycles. The van der Waals surface area contributed by atoms with Crippen LogP contribution in [0.3, 0.4) is 0 Å². The molecule has 4 nitrogen and oxygen atoms in total. The largest absolute Gasteiger partial charge is 0.492 e. The van der Waals surface area contributed by atoms with E-state index in [4.69, 9.17) is 4.74 Å². The summed E-state index contributed by atoms with van der Waals surface area (Å²) < 4.78 is 60.2. The number of ether oxygens (including phenoxy) is 1. The van der Waals surface area contributed by atoms with Gasteiger partial charge < -0.3 is 14.7 Å². The van der Waals surface area contributed by atoms with Crippen LogP contribution in [0, 0.1) is 11.2 Å². The molecule has 30 heavy (non-hydrogen) atoms. The topological polar surface area (TPSA) is 49.8 Å². The third-order valence-electron chi connectivity index (χ3n) is 5.39. The van der Waals surface area contributed by atoms with Crippen LogP contribution in [-0.4, -0.2) is 30.0 Å². The first-order chi connectivity index (χ1) is 14.2. The van der Waals surface area contributed by atoms with Crippen LogP contribution in [0.2, 0.25) is 0 Å². The van der Waals surface area contributed by atoms with Gasteiger partial charge in [0, 0.05) is 17.1 Å². The predicted octanol–water partition coefficient (Wildman–Crippen LogP) is 5.72. The molecule has 2 aromatic rings. The zero-order valence-electron chi connectivity index (χ0n) is 15.8. The molecule has 1 aliphatic carbocycles. The zero-order chi connectivity index (χ0) is 21.5.